The molecule has 4 aromatic rings. The van der Waals surface area contributed by atoms with Gasteiger partial charge in [-0.05, 0) is 11.6 Å². The molecule has 28 heavy (non-hydrogen) atoms. The fourth-order valence-corrected chi connectivity index (χ4v) is 3.76. The van der Waals surface area contributed by atoms with E-state index in [0.29, 0.717) is 0 Å². The van der Waals surface area contributed by atoms with Crippen LogP contribution in [0, 0.1) is 0 Å². The molecule has 0 amide bonds. The van der Waals surface area contributed by atoms with Crippen LogP contribution in [-0.4, -0.2) is 50.7 Å². The smallest absolute Gasteiger partial charge is 0.157 e. The first-order chi connectivity index (χ1) is 13.9. The van der Waals surface area contributed by atoms with Crippen LogP contribution in [0.25, 0.3) is 16.9 Å². The van der Waals surface area contributed by atoms with Gasteiger partial charge in [0.05, 0.1) is 11.9 Å². The SMILES string of the molecule is c1ccc(-c2cc(N3CCN(Cc4cccnc4)CC3)n3nccc3n2)cc1. The Morgan fingerprint density at radius 2 is 1.71 bits per heavy atom. The maximum absolute atomic E-state index is 4.79. The molecule has 1 aliphatic heterocycles. The van der Waals surface area contributed by atoms with Crippen molar-refractivity contribution in [2.75, 3.05) is 31.1 Å². The molecule has 1 fully saturated rings. The lowest BCUT2D eigenvalue weighted by atomic mass is 10.1. The average Bonchev–Trinajstić information content (AvgIpc) is 3.24. The summed E-state index contributed by atoms with van der Waals surface area (Å²) in [6.07, 6.45) is 5.60. The second kappa shape index (κ2) is 7.40. The van der Waals surface area contributed by atoms with E-state index in [9.17, 15) is 0 Å². The van der Waals surface area contributed by atoms with Crippen molar-refractivity contribution in [3.05, 3.63) is 78.8 Å². The van der Waals surface area contributed by atoms with Crippen LogP contribution in [0.5, 0.6) is 0 Å². The van der Waals surface area contributed by atoms with Gasteiger partial charge in [0.2, 0.25) is 0 Å². The van der Waals surface area contributed by atoms with Gasteiger partial charge in [-0.15, -0.1) is 0 Å². The molecule has 0 spiro atoms. The maximum atomic E-state index is 4.79. The number of fused-ring (bicyclic) bond motifs is 1. The minimum atomic E-state index is 0.883. The number of aromatic nitrogens is 4. The van der Waals surface area contributed by atoms with Gasteiger partial charge in [-0.1, -0.05) is 36.4 Å². The molecule has 1 aromatic carbocycles. The first-order valence-corrected chi connectivity index (χ1v) is 9.63. The third-order valence-electron chi connectivity index (χ3n) is 5.24. The molecule has 6 nitrogen and oxygen atoms in total. The highest BCUT2D eigenvalue weighted by atomic mass is 15.4. The summed E-state index contributed by atoms with van der Waals surface area (Å²) in [6, 6.07) is 18.6. The van der Waals surface area contributed by atoms with Crippen molar-refractivity contribution >= 4 is 11.5 Å². The van der Waals surface area contributed by atoms with Crippen LogP contribution in [0.2, 0.25) is 0 Å². The Morgan fingerprint density at radius 1 is 0.857 bits per heavy atom. The van der Waals surface area contributed by atoms with Gasteiger partial charge in [-0.25, -0.2) is 4.98 Å². The summed E-state index contributed by atoms with van der Waals surface area (Å²) in [5, 5.41) is 4.51. The molecule has 4 heterocycles. The van der Waals surface area contributed by atoms with Crippen molar-refractivity contribution in [3.63, 3.8) is 0 Å². The Hall–Kier alpha value is -3.25. The fraction of sp³-hybridized carbons (Fsp3) is 0.227. The van der Waals surface area contributed by atoms with Crippen LogP contribution in [0.1, 0.15) is 5.56 Å². The highest BCUT2D eigenvalue weighted by Gasteiger charge is 2.20. The van der Waals surface area contributed by atoms with Crippen molar-refractivity contribution in [1.29, 1.82) is 0 Å². The topological polar surface area (TPSA) is 49.6 Å². The lowest BCUT2D eigenvalue weighted by Gasteiger charge is -2.36. The Morgan fingerprint density at radius 3 is 2.50 bits per heavy atom. The summed E-state index contributed by atoms with van der Waals surface area (Å²) in [5.74, 6) is 1.11. The predicted octanol–water partition coefficient (Wildman–Crippen LogP) is 3.11. The largest absolute Gasteiger partial charge is 0.354 e. The first kappa shape index (κ1) is 16.9. The molecule has 140 valence electrons. The molecule has 1 aliphatic rings. The second-order valence-corrected chi connectivity index (χ2v) is 7.09. The van der Waals surface area contributed by atoms with Crippen molar-refractivity contribution in [1.82, 2.24) is 24.5 Å². The van der Waals surface area contributed by atoms with E-state index in [-0.39, 0.29) is 0 Å². The fourth-order valence-electron chi connectivity index (χ4n) is 3.76. The van der Waals surface area contributed by atoms with E-state index in [1.165, 1.54) is 5.56 Å². The number of pyridine rings is 1. The summed E-state index contributed by atoms with van der Waals surface area (Å²) in [4.78, 5) is 13.9. The van der Waals surface area contributed by atoms with Gasteiger partial charge in [-0.3, -0.25) is 9.88 Å². The zero-order valence-electron chi connectivity index (χ0n) is 15.6. The third kappa shape index (κ3) is 3.34. The molecule has 3 aromatic heterocycles. The molecule has 0 N–H and O–H groups in total. The number of benzene rings is 1. The second-order valence-electron chi connectivity index (χ2n) is 7.09. The van der Waals surface area contributed by atoms with Crippen molar-refractivity contribution in [3.8, 4) is 11.3 Å². The normalized spacial score (nSPS) is 15.2. The van der Waals surface area contributed by atoms with Crippen LogP contribution >= 0.6 is 0 Å². The van der Waals surface area contributed by atoms with Crippen molar-refractivity contribution in [2.24, 2.45) is 0 Å². The van der Waals surface area contributed by atoms with Gasteiger partial charge in [0.1, 0.15) is 5.82 Å². The van der Waals surface area contributed by atoms with Crippen LogP contribution in [0.3, 0.4) is 0 Å². The average molecular weight is 370 g/mol. The van der Waals surface area contributed by atoms with Gasteiger partial charge in [0.15, 0.2) is 5.65 Å². The summed E-state index contributed by atoms with van der Waals surface area (Å²) < 4.78 is 1.95. The quantitative estimate of drug-likeness (QED) is 0.552. The van der Waals surface area contributed by atoms with E-state index < -0.39 is 0 Å². The molecule has 0 atom stereocenters. The Labute approximate surface area is 164 Å². The number of hydrogen-bond acceptors (Lipinski definition) is 5. The number of anilines is 1. The molecule has 0 unspecified atom stereocenters. The highest BCUT2D eigenvalue weighted by Crippen LogP contribution is 2.25. The van der Waals surface area contributed by atoms with Gasteiger partial charge in [0, 0.05) is 62.8 Å². The Bertz CT molecular complexity index is 1050. The molecular weight excluding hydrogens is 348 g/mol. The van der Waals surface area contributed by atoms with Gasteiger partial charge in [-0.2, -0.15) is 9.61 Å². The van der Waals surface area contributed by atoms with E-state index in [2.05, 4.69) is 56.3 Å². The minimum absolute atomic E-state index is 0.883. The molecule has 0 saturated carbocycles. The van der Waals surface area contributed by atoms with Gasteiger partial charge >= 0.3 is 0 Å². The molecular formula is C22H22N6. The zero-order valence-corrected chi connectivity index (χ0v) is 15.6. The summed E-state index contributed by atoms with van der Waals surface area (Å²) in [5.41, 5.74) is 4.26. The van der Waals surface area contributed by atoms with E-state index in [1.807, 2.05) is 41.3 Å². The van der Waals surface area contributed by atoms with Crippen LogP contribution in [0.15, 0.2) is 73.2 Å². The van der Waals surface area contributed by atoms with Gasteiger partial charge in [0.25, 0.3) is 0 Å². The van der Waals surface area contributed by atoms with Crippen LogP contribution in [0.4, 0.5) is 5.82 Å². The van der Waals surface area contributed by atoms with Crippen LogP contribution in [-0.2, 0) is 6.54 Å². The summed E-state index contributed by atoms with van der Waals surface area (Å²) >= 11 is 0. The van der Waals surface area contributed by atoms with E-state index in [0.717, 1.165) is 55.4 Å². The number of piperazine rings is 1. The standard InChI is InChI=1S/C22H22N6/c1-2-6-19(7-3-1)20-15-22(28-21(25-20)8-10-24-28)27-13-11-26(12-14-27)17-18-5-4-9-23-16-18/h1-10,15-16H,11-14,17H2. The Balaban J connectivity index is 1.38. The molecule has 0 bridgehead atoms. The van der Waals surface area contributed by atoms with E-state index >= 15 is 0 Å². The Kier molecular flexibility index (Phi) is 4.47. The van der Waals surface area contributed by atoms with Gasteiger partial charge < -0.3 is 4.90 Å². The lowest BCUT2D eigenvalue weighted by Crippen LogP contribution is -2.46. The number of rotatable bonds is 4. The highest BCUT2D eigenvalue weighted by molar-refractivity contribution is 5.66. The molecule has 0 aliphatic carbocycles. The number of nitrogens with zero attached hydrogens (tertiary/aromatic N) is 6. The minimum Gasteiger partial charge on any atom is -0.354 e. The van der Waals surface area contributed by atoms with E-state index in [4.69, 9.17) is 4.98 Å². The monoisotopic (exact) mass is 370 g/mol. The third-order valence-corrected chi connectivity index (χ3v) is 5.24. The number of hydrogen-bond donors (Lipinski definition) is 0. The van der Waals surface area contributed by atoms with E-state index in [1.54, 1.807) is 0 Å². The van der Waals surface area contributed by atoms with Crippen molar-refractivity contribution < 1.29 is 0 Å². The summed E-state index contributed by atoms with van der Waals surface area (Å²) in [7, 11) is 0. The first-order valence-electron chi connectivity index (χ1n) is 9.63. The zero-order chi connectivity index (χ0) is 18.8. The predicted molar refractivity (Wildman–Crippen MR) is 110 cm³/mol. The molecule has 6 heteroatoms. The molecule has 5 rings (SSSR count). The maximum Gasteiger partial charge on any atom is 0.157 e. The molecule has 1 saturated heterocycles. The molecule has 0 radical (unpaired) electrons. The van der Waals surface area contributed by atoms with Crippen LogP contribution < -0.4 is 4.90 Å². The summed E-state index contributed by atoms with van der Waals surface area (Å²) in [6.45, 7) is 4.91. The lowest BCUT2D eigenvalue weighted by molar-refractivity contribution is 0.248. The van der Waals surface area contributed by atoms with Crippen molar-refractivity contribution in [2.45, 2.75) is 6.54 Å².